The number of allylic oxidation sites excluding steroid dienone is 1. The molecule has 2 atom stereocenters. The van der Waals surface area contributed by atoms with E-state index in [-0.39, 0.29) is 24.5 Å². The fourth-order valence-electron chi connectivity index (χ4n) is 3.45. The van der Waals surface area contributed by atoms with Crippen molar-refractivity contribution in [3.63, 3.8) is 0 Å². The van der Waals surface area contributed by atoms with E-state index in [0.29, 0.717) is 32.4 Å². The molecule has 0 radical (unpaired) electrons. The average molecular weight is 359 g/mol. The van der Waals surface area contributed by atoms with Gasteiger partial charge in [0.2, 0.25) is 5.91 Å². The maximum atomic E-state index is 11.8. The molecule has 0 bridgehead atoms. The average Bonchev–Trinajstić information content (AvgIpc) is 2.97. The van der Waals surface area contributed by atoms with Crippen molar-refractivity contribution in [2.24, 2.45) is 0 Å². The Bertz CT molecular complexity index is 699. The Hall–Kier alpha value is -2.34. The first-order chi connectivity index (χ1) is 12.5. The highest BCUT2D eigenvalue weighted by atomic mass is 16.5. The molecule has 0 saturated carbocycles. The predicted octanol–water partition coefficient (Wildman–Crippen LogP) is 2.46. The monoisotopic (exact) mass is 359 g/mol. The lowest BCUT2D eigenvalue weighted by atomic mass is 10.0. The molecule has 1 aliphatic heterocycles. The summed E-state index contributed by atoms with van der Waals surface area (Å²) < 4.78 is 5.86. The van der Waals surface area contributed by atoms with E-state index in [1.807, 2.05) is 30.4 Å². The minimum atomic E-state index is -0.783. The molecule has 0 aromatic heterocycles. The van der Waals surface area contributed by atoms with Crippen LogP contribution in [0.25, 0.3) is 0 Å². The van der Waals surface area contributed by atoms with Crippen molar-refractivity contribution in [3.05, 3.63) is 41.5 Å². The van der Waals surface area contributed by atoms with Gasteiger partial charge in [-0.25, -0.2) is 0 Å². The summed E-state index contributed by atoms with van der Waals surface area (Å²) in [5, 5.41) is 18.4. The van der Waals surface area contributed by atoms with E-state index >= 15 is 0 Å². The van der Waals surface area contributed by atoms with Crippen molar-refractivity contribution >= 4 is 11.9 Å². The Kier molecular flexibility index (Phi) is 5.93. The molecule has 2 N–H and O–H groups in total. The van der Waals surface area contributed by atoms with Gasteiger partial charge in [0, 0.05) is 13.0 Å². The number of aryl methyl sites for hydroxylation is 1. The first-order valence-electron chi connectivity index (χ1n) is 9.14. The zero-order valence-electron chi connectivity index (χ0n) is 14.8. The number of carbonyl (C=O) groups is 2. The largest absolute Gasteiger partial charge is 0.491 e. The highest BCUT2D eigenvalue weighted by Crippen LogP contribution is 2.33. The second-order valence-electron chi connectivity index (χ2n) is 6.89. The molecule has 6 heteroatoms. The molecule has 1 amide bonds. The Balaban J connectivity index is 1.43. The maximum absolute atomic E-state index is 11.8. The number of amides is 1. The Labute approximate surface area is 153 Å². The lowest BCUT2D eigenvalue weighted by Crippen LogP contribution is -2.55. The number of aliphatic hydroxyl groups excluding tert-OH is 1. The number of aliphatic hydroxyl groups is 1. The number of unbranched alkanes of at least 4 members (excludes halogenated alkanes) is 1. The summed E-state index contributed by atoms with van der Waals surface area (Å²) in [6.45, 7) is 0.996. The molecule has 1 unspecified atom stereocenters. The lowest BCUT2D eigenvalue weighted by Gasteiger charge is -2.39. The van der Waals surface area contributed by atoms with Crippen molar-refractivity contribution in [2.45, 2.75) is 50.7 Å². The van der Waals surface area contributed by atoms with E-state index in [9.17, 15) is 14.7 Å². The SMILES string of the molecule is O=C(O)CCC/C=C\CN1C(=O)C[C@@H]1COc1ccc2c(c1)CCC2O. The number of hydrogen-bond donors (Lipinski definition) is 2. The Morgan fingerprint density at radius 2 is 2.19 bits per heavy atom. The summed E-state index contributed by atoms with van der Waals surface area (Å²) in [6, 6.07) is 5.86. The third-order valence-electron chi connectivity index (χ3n) is 5.00. The number of fused-ring (bicyclic) bond motifs is 1. The number of ether oxygens (including phenoxy) is 1. The van der Waals surface area contributed by atoms with Crippen LogP contribution in [-0.4, -0.2) is 46.2 Å². The van der Waals surface area contributed by atoms with Gasteiger partial charge in [0.05, 0.1) is 18.6 Å². The number of carboxylic acids is 1. The molecule has 1 saturated heterocycles. The molecule has 1 aromatic rings. The summed E-state index contributed by atoms with van der Waals surface area (Å²) >= 11 is 0. The third-order valence-corrected chi connectivity index (χ3v) is 5.00. The number of likely N-dealkylation sites (tertiary alicyclic amines) is 1. The first-order valence-corrected chi connectivity index (χ1v) is 9.14. The fraction of sp³-hybridized carbons (Fsp3) is 0.500. The molecule has 140 valence electrons. The number of nitrogens with zero attached hydrogens (tertiary/aromatic N) is 1. The number of β-lactam (4-membered cyclic amide) rings is 1. The number of carbonyl (C=O) groups excluding carboxylic acids is 1. The number of benzene rings is 1. The van der Waals surface area contributed by atoms with Gasteiger partial charge < -0.3 is 19.8 Å². The van der Waals surface area contributed by atoms with E-state index in [2.05, 4.69) is 0 Å². The highest BCUT2D eigenvalue weighted by Gasteiger charge is 2.35. The standard InChI is InChI=1S/C20H25NO5/c22-18-9-6-14-11-16(7-8-17(14)18)26-13-15-12-19(23)21(15)10-4-2-1-3-5-20(24)25/h2,4,7-8,11,15,18,22H,1,3,5-6,9-10,12-13H2,(H,24,25)/b4-2-/t15-,18?/m1/s1. The van der Waals surface area contributed by atoms with Crippen LogP contribution in [0.4, 0.5) is 0 Å². The van der Waals surface area contributed by atoms with E-state index < -0.39 is 5.97 Å². The van der Waals surface area contributed by atoms with E-state index in [1.165, 1.54) is 0 Å². The number of aliphatic carboxylic acids is 1. The first kappa shape index (κ1) is 18.5. The maximum Gasteiger partial charge on any atom is 0.303 e. The van der Waals surface area contributed by atoms with Gasteiger partial charge >= 0.3 is 5.97 Å². The second kappa shape index (κ2) is 8.36. The molecule has 3 rings (SSSR count). The van der Waals surface area contributed by atoms with Crippen LogP contribution >= 0.6 is 0 Å². The topological polar surface area (TPSA) is 87.1 Å². The predicted molar refractivity (Wildman–Crippen MR) is 96.0 cm³/mol. The van der Waals surface area contributed by atoms with Crippen molar-refractivity contribution in [3.8, 4) is 5.75 Å². The Morgan fingerprint density at radius 1 is 1.35 bits per heavy atom. The quantitative estimate of drug-likeness (QED) is 0.402. The van der Waals surface area contributed by atoms with Crippen molar-refractivity contribution in [1.29, 1.82) is 0 Å². The number of hydrogen-bond acceptors (Lipinski definition) is 4. The van der Waals surface area contributed by atoms with E-state index in [0.717, 1.165) is 29.7 Å². The van der Waals surface area contributed by atoms with Crippen molar-refractivity contribution < 1.29 is 24.5 Å². The summed E-state index contributed by atoms with van der Waals surface area (Å²) in [4.78, 5) is 24.0. The second-order valence-corrected chi connectivity index (χ2v) is 6.89. The zero-order valence-corrected chi connectivity index (χ0v) is 14.8. The normalized spacial score (nSPS) is 21.7. The van der Waals surface area contributed by atoms with Crippen LogP contribution in [0.2, 0.25) is 0 Å². The fourth-order valence-corrected chi connectivity index (χ4v) is 3.45. The van der Waals surface area contributed by atoms with Crippen LogP contribution in [-0.2, 0) is 16.0 Å². The van der Waals surface area contributed by atoms with Crippen LogP contribution in [0, 0.1) is 0 Å². The summed E-state index contributed by atoms with van der Waals surface area (Å²) in [6.07, 6.45) is 7.10. The van der Waals surface area contributed by atoms with Gasteiger partial charge in [-0.15, -0.1) is 0 Å². The van der Waals surface area contributed by atoms with Crippen molar-refractivity contribution in [2.75, 3.05) is 13.2 Å². The van der Waals surface area contributed by atoms with Gasteiger partial charge in [0.15, 0.2) is 0 Å². The minimum Gasteiger partial charge on any atom is -0.491 e. The highest BCUT2D eigenvalue weighted by molar-refractivity contribution is 5.83. The molecule has 1 heterocycles. The van der Waals surface area contributed by atoms with E-state index in [1.54, 1.807) is 4.90 Å². The molecule has 1 aromatic carbocycles. The summed E-state index contributed by atoms with van der Waals surface area (Å²) in [7, 11) is 0. The number of carboxylic acid groups (broad SMARTS) is 1. The molecular weight excluding hydrogens is 334 g/mol. The Morgan fingerprint density at radius 3 is 2.96 bits per heavy atom. The van der Waals surface area contributed by atoms with Gasteiger partial charge in [-0.2, -0.15) is 0 Å². The smallest absolute Gasteiger partial charge is 0.303 e. The minimum absolute atomic E-state index is 0.0741. The van der Waals surface area contributed by atoms with Crippen LogP contribution in [0.5, 0.6) is 5.75 Å². The van der Waals surface area contributed by atoms with Gasteiger partial charge in [0.1, 0.15) is 12.4 Å². The summed E-state index contributed by atoms with van der Waals surface area (Å²) in [5.41, 5.74) is 2.13. The van der Waals surface area contributed by atoms with Gasteiger partial charge in [-0.3, -0.25) is 9.59 Å². The zero-order chi connectivity index (χ0) is 18.5. The molecule has 1 fully saturated rings. The molecule has 2 aliphatic rings. The van der Waals surface area contributed by atoms with Gasteiger partial charge in [-0.05, 0) is 48.9 Å². The molecule has 26 heavy (non-hydrogen) atoms. The van der Waals surface area contributed by atoms with E-state index in [4.69, 9.17) is 9.84 Å². The lowest BCUT2D eigenvalue weighted by molar-refractivity contribution is -0.146. The molecule has 6 nitrogen and oxygen atoms in total. The van der Waals surface area contributed by atoms with Crippen LogP contribution in [0.1, 0.15) is 49.3 Å². The molecular formula is C20H25NO5. The van der Waals surface area contributed by atoms with Crippen LogP contribution in [0.3, 0.4) is 0 Å². The third kappa shape index (κ3) is 4.43. The van der Waals surface area contributed by atoms with Crippen LogP contribution < -0.4 is 4.74 Å². The van der Waals surface area contributed by atoms with Gasteiger partial charge in [-0.1, -0.05) is 18.2 Å². The molecule has 0 spiro atoms. The number of rotatable bonds is 9. The van der Waals surface area contributed by atoms with Gasteiger partial charge in [0.25, 0.3) is 0 Å². The van der Waals surface area contributed by atoms with Crippen molar-refractivity contribution in [1.82, 2.24) is 4.90 Å². The van der Waals surface area contributed by atoms with Crippen LogP contribution in [0.15, 0.2) is 30.4 Å². The summed E-state index contributed by atoms with van der Waals surface area (Å²) in [5.74, 6) is 0.113. The molecule has 1 aliphatic carbocycles.